The minimum Gasteiger partial charge on any atom is -0.490 e. The molecule has 1 atom stereocenters. The summed E-state index contributed by atoms with van der Waals surface area (Å²) in [7, 11) is 0. The lowest BCUT2D eigenvalue weighted by atomic mass is 10.0. The second-order valence-corrected chi connectivity index (χ2v) is 7.24. The summed E-state index contributed by atoms with van der Waals surface area (Å²) in [5.41, 5.74) is 0.765. The molecule has 0 spiro atoms. The van der Waals surface area contributed by atoms with E-state index in [1.807, 2.05) is 13.0 Å². The molecule has 0 amide bonds. The summed E-state index contributed by atoms with van der Waals surface area (Å²) in [5.74, 6) is 0.280. The largest absolute Gasteiger partial charge is 0.490 e. The lowest BCUT2D eigenvalue weighted by Crippen LogP contribution is -2.11. The molecule has 1 saturated heterocycles. The van der Waals surface area contributed by atoms with Gasteiger partial charge in [-0.15, -0.1) is 11.3 Å². The molecule has 0 radical (unpaired) electrons. The third-order valence-electron chi connectivity index (χ3n) is 3.54. The van der Waals surface area contributed by atoms with Crippen LogP contribution in [0, 0.1) is 16.7 Å². The number of allylic oxidation sites excluding steroid dienone is 1. The first-order chi connectivity index (χ1) is 12.6. The molecule has 1 aliphatic rings. The Morgan fingerprint density at radius 2 is 2.23 bits per heavy atom. The Balaban J connectivity index is 1.88. The van der Waals surface area contributed by atoms with E-state index in [0.717, 1.165) is 17.3 Å². The molecule has 2 heterocycles. The minimum absolute atomic E-state index is 0.0680. The molecule has 8 heteroatoms. The maximum Gasteiger partial charge on any atom is 0.186 e. The molecule has 0 unspecified atom stereocenters. The number of nitriles is 1. The number of aromatic nitrogens is 1. The van der Waals surface area contributed by atoms with Crippen LogP contribution in [0.3, 0.4) is 0 Å². The molecule has 1 aliphatic heterocycles. The zero-order valence-corrected chi connectivity index (χ0v) is 15.5. The third kappa shape index (κ3) is 3.79. The average Bonchev–Trinajstić information content (AvgIpc) is 3.23. The summed E-state index contributed by atoms with van der Waals surface area (Å²) in [6.07, 6.45) is 3.38. The van der Waals surface area contributed by atoms with E-state index in [2.05, 4.69) is 4.98 Å². The fraction of sp³-hybridized carbons (Fsp3) is 0.222. The predicted molar refractivity (Wildman–Crippen MR) is 102 cm³/mol. The van der Waals surface area contributed by atoms with E-state index in [0.29, 0.717) is 28.0 Å². The Bertz CT molecular complexity index is 901. The number of ether oxygens (including phenoxy) is 2. The quantitative estimate of drug-likeness (QED) is 0.759. The number of hydrogen-bond donors (Lipinski definition) is 1. The zero-order chi connectivity index (χ0) is 18.5. The highest BCUT2D eigenvalue weighted by molar-refractivity contribution is 8.19. The maximum absolute atomic E-state index is 12.7. The Morgan fingerprint density at radius 1 is 1.38 bits per heavy atom. The highest BCUT2D eigenvalue weighted by Gasteiger charge is 2.38. The van der Waals surface area contributed by atoms with Crippen LogP contribution in [0.2, 0.25) is 0 Å². The molecule has 0 aliphatic carbocycles. The van der Waals surface area contributed by atoms with Crippen molar-refractivity contribution in [1.29, 1.82) is 10.7 Å². The van der Waals surface area contributed by atoms with Crippen LogP contribution in [-0.2, 0) is 4.79 Å². The van der Waals surface area contributed by atoms with Gasteiger partial charge in [-0.3, -0.25) is 10.2 Å². The van der Waals surface area contributed by atoms with Gasteiger partial charge in [-0.05, 0) is 30.7 Å². The maximum atomic E-state index is 12.7. The molecule has 26 heavy (non-hydrogen) atoms. The van der Waals surface area contributed by atoms with E-state index >= 15 is 0 Å². The Kier molecular flexibility index (Phi) is 5.71. The molecule has 132 valence electrons. The van der Waals surface area contributed by atoms with Gasteiger partial charge >= 0.3 is 0 Å². The molecule has 3 rings (SSSR count). The number of carbonyl (C=O) groups is 1. The topological polar surface area (TPSA) is 96.1 Å². The number of nitrogens with one attached hydrogen (secondary N) is 1. The second kappa shape index (κ2) is 8.17. The van der Waals surface area contributed by atoms with E-state index in [1.165, 1.54) is 11.3 Å². The van der Waals surface area contributed by atoms with Gasteiger partial charge in [-0.1, -0.05) is 17.8 Å². The summed E-state index contributed by atoms with van der Waals surface area (Å²) in [5, 5.41) is 19.5. The Morgan fingerprint density at radius 3 is 2.92 bits per heavy atom. The number of Topliss-reactive ketones (excluding diaryl/α,β-unsaturated/α-hetero) is 1. The van der Waals surface area contributed by atoms with Crippen molar-refractivity contribution in [3.63, 3.8) is 0 Å². The monoisotopic (exact) mass is 385 g/mol. The highest BCUT2D eigenvalue weighted by atomic mass is 32.2. The molecule has 1 aromatic heterocycles. The van der Waals surface area contributed by atoms with Gasteiger partial charge in [0, 0.05) is 11.6 Å². The molecule has 6 nitrogen and oxygen atoms in total. The van der Waals surface area contributed by atoms with Crippen LogP contribution < -0.4 is 9.47 Å². The van der Waals surface area contributed by atoms with Crippen molar-refractivity contribution in [2.75, 3.05) is 13.2 Å². The fourth-order valence-electron chi connectivity index (χ4n) is 2.45. The lowest BCUT2D eigenvalue weighted by molar-refractivity contribution is -0.114. The van der Waals surface area contributed by atoms with Crippen LogP contribution in [0.15, 0.2) is 34.7 Å². The van der Waals surface area contributed by atoms with E-state index in [1.54, 1.807) is 35.9 Å². The summed E-state index contributed by atoms with van der Waals surface area (Å²) in [6.45, 7) is 2.24. The third-order valence-corrected chi connectivity index (χ3v) is 5.38. The zero-order valence-electron chi connectivity index (χ0n) is 13.9. The van der Waals surface area contributed by atoms with Crippen molar-refractivity contribution in [2.45, 2.75) is 12.8 Å². The molecule has 2 aromatic rings. The van der Waals surface area contributed by atoms with Gasteiger partial charge in [0.05, 0.1) is 16.6 Å². The summed E-state index contributed by atoms with van der Waals surface area (Å²) < 4.78 is 10.9. The van der Waals surface area contributed by atoms with Crippen LogP contribution in [0.1, 0.15) is 23.4 Å². The van der Waals surface area contributed by atoms with Gasteiger partial charge in [-0.25, -0.2) is 4.98 Å². The van der Waals surface area contributed by atoms with Gasteiger partial charge in [0.15, 0.2) is 23.9 Å². The number of thioether (sulfide) groups is 1. The average molecular weight is 385 g/mol. The van der Waals surface area contributed by atoms with Crippen LogP contribution >= 0.6 is 23.1 Å². The number of benzene rings is 1. The smallest absolute Gasteiger partial charge is 0.186 e. The van der Waals surface area contributed by atoms with Gasteiger partial charge in [-0.2, -0.15) is 5.26 Å². The molecule has 1 aromatic carbocycles. The van der Waals surface area contributed by atoms with Gasteiger partial charge in [0.25, 0.3) is 0 Å². The van der Waals surface area contributed by atoms with Crippen LogP contribution in [-0.4, -0.2) is 29.0 Å². The van der Waals surface area contributed by atoms with Gasteiger partial charge < -0.3 is 9.47 Å². The summed E-state index contributed by atoms with van der Waals surface area (Å²) in [6, 6.07) is 7.18. The SMILES string of the molecule is CCOc1cc(/C=C2\SC(=N)[C@@H](c3nccs3)C2=O)ccc1OCC#N. The van der Waals surface area contributed by atoms with E-state index < -0.39 is 5.92 Å². The fourth-order valence-corrected chi connectivity index (χ4v) is 4.26. The number of rotatable bonds is 6. The minimum atomic E-state index is -0.601. The Labute approximate surface area is 159 Å². The van der Waals surface area contributed by atoms with Crippen molar-refractivity contribution < 1.29 is 14.3 Å². The van der Waals surface area contributed by atoms with Crippen molar-refractivity contribution >= 4 is 40.0 Å². The number of ketones is 1. The highest BCUT2D eigenvalue weighted by Crippen LogP contribution is 2.41. The van der Waals surface area contributed by atoms with Crippen molar-refractivity contribution in [3.8, 4) is 17.6 Å². The van der Waals surface area contributed by atoms with E-state index in [9.17, 15) is 4.79 Å². The number of nitrogens with zero attached hydrogens (tertiary/aromatic N) is 2. The first-order valence-corrected chi connectivity index (χ1v) is 9.51. The van der Waals surface area contributed by atoms with Gasteiger partial charge in [0.1, 0.15) is 17.0 Å². The summed E-state index contributed by atoms with van der Waals surface area (Å²) in [4.78, 5) is 17.4. The number of hydrogen-bond acceptors (Lipinski definition) is 8. The predicted octanol–water partition coefficient (Wildman–Crippen LogP) is 3.86. The van der Waals surface area contributed by atoms with Crippen LogP contribution in [0.5, 0.6) is 11.5 Å². The molecular formula is C18H15N3O3S2. The van der Waals surface area contributed by atoms with Gasteiger partial charge in [0.2, 0.25) is 0 Å². The van der Waals surface area contributed by atoms with Crippen LogP contribution in [0.25, 0.3) is 6.08 Å². The molecular weight excluding hydrogens is 370 g/mol. The Hall–Kier alpha value is -2.63. The van der Waals surface area contributed by atoms with Crippen molar-refractivity contribution in [2.24, 2.45) is 0 Å². The second-order valence-electron chi connectivity index (χ2n) is 5.23. The number of carbonyl (C=O) groups excluding carboxylic acids is 1. The van der Waals surface area contributed by atoms with E-state index in [4.69, 9.17) is 20.1 Å². The number of thiazole rings is 1. The summed E-state index contributed by atoms with van der Waals surface area (Å²) >= 11 is 2.54. The molecule has 0 bridgehead atoms. The molecule has 1 fully saturated rings. The first kappa shape index (κ1) is 18.2. The lowest BCUT2D eigenvalue weighted by Gasteiger charge is -2.10. The van der Waals surface area contributed by atoms with Crippen molar-refractivity contribution in [3.05, 3.63) is 45.3 Å². The molecule has 1 N–H and O–H groups in total. The van der Waals surface area contributed by atoms with Crippen LogP contribution in [0.4, 0.5) is 0 Å². The molecule has 0 saturated carbocycles. The first-order valence-electron chi connectivity index (χ1n) is 7.82. The van der Waals surface area contributed by atoms with E-state index in [-0.39, 0.29) is 17.4 Å². The van der Waals surface area contributed by atoms with Crippen molar-refractivity contribution in [1.82, 2.24) is 4.98 Å². The normalized spacial score (nSPS) is 18.2. The standard InChI is InChI=1S/C18H15N3O3S2/c1-2-23-13-9-11(3-4-12(13)24-7-5-19)10-14-16(22)15(17(20)26-14)18-21-6-8-25-18/h3-4,6,8-10,15,20H,2,7H2,1H3/b14-10-,20-17?/t15-/m0/s1.